The van der Waals surface area contributed by atoms with E-state index in [1.165, 1.54) is 78.1 Å². The zero-order valence-electron chi connectivity index (χ0n) is 36.2. The number of hydrogen-bond acceptors (Lipinski definition) is 15. The van der Waals surface area contributed by atoms with Crippen molar-refractivity contribution in [3.05, 3.63) is 0 Å². The second kappa shape index (κ2) is 30.7. The first kappa shape index (κ1) is 55.7. The number of carbonyl (C=O) groups excluding carboxylic acids is 5. The van der Waals surface area contributed by atoms with Crippen molar-refractivity contribution in [3.8, 4) is 0 Å². The van der Waals surface area contributed by atoms with Crippen LogP contribution in [0.25, 0.3) is 0 Å². The van der Waals surface area contributed by atoms with Crippen LogP contribution in [0.5, 0.6) is 0 Å². The number of unbranched alkanes of at least 4 members (excludes halogenated alkanes) is 13. The van der Waals surface area contributed by atoms with Gasteiger partial charge in [0.25, 0.3) is 5.91 Å². The zero-order valence-corrected chi connectivity index (χ0v) is 37.1. The number of aliphatic hydroxyl groups is 2. The summed E-state index contributed by atoms with van der Waals surface area (Å²) < 4.78 is 38.0. The van der Waals surface area contributed by atoms with Gasteiger partial charge in [-0.3, -0.25) is 33.0 Å². The molecule has 0 aliphatic carbocycles. The molecule has 10 N–H and O–H groups in total. The first-order chi connectivity index (χ1) is 28.9. The lowest BCUT2D eigenvalue weighted by atomic mass is 9.94. The summed E-state index contributed by atoms with van der Waals surface area (Å²) in [7, 11) is -4.33. The molecule has 1 aliphatic heterocycles. The third-order valence-corrected chi connectivity index (χ3v) is 11.2. The molecule has 0 bridgehead atoms. The predicted octanol–water partition coefficient (Wildman–Crippen LogP) is 1.51. The lowest BCUT2D eigenvalue weighted by Gasteiger charge is -2.48. The summed E-state index contributed by atoms with van der Waals surface area (Å²) >= 11 is 0. The van der Waals surface area contributed by atoms with Gasteiger partial charge in [0, 0.05) is 19.9 Å². The minimum atomic E-state index is -4.33. The Morgan fingerprint density at radius 3 is 1.93 bits per heavy atom. The summed E-state index contributed by atoms with van der Waals surface area (Å²) in [5, 5.41) is 34.4. The van der Waals surface area contributed by atoms with Crippen LogP contribution in [0.3, 0.4) is 0 Å². The van der Waals surface area contributed by atoms with Gasteiger partial charge in [0.1, 0.15) is 30.4 Å². The number of aliphatic carboxylic acids is 1. The Bertz CT molecular complexity index is 1390. The second-order valence-corrected chi connectivity index (χ2v) is 16.7. The maximum atomic E-state index is 13.3. The van der Waals surface area contributed by atoms with Crippen molar-refractivity contribution in [2.75, 3.05) is 33.0 Å². The number of amides is 4. The van der Waals surface area contributed by atoms with Gasteiger partial charge in [0.15, 0.2) is 18.9 Å². The minimum absolute atomic E-state index is 0.0548. The molecule has 1 saturated heterocycles. The van der Waals surface area contributed by atoms with Gasteiger partial charge in [-0.1, -0.05) is 90.4 Å². The molecular weight excluding hydrogens is 825 g/mol. The number of carboxylic acids is 1. The molecule has 1 heterocycles. The third kappa shape index (κ3) is 22.6. The molecule has 22 heteroatoms. The molecule has 354 valence electrons. The van der Waals surface area contributed by atoms with E-state index in [-0.39, 0.29) is 26.2 Å². The van der Waals surface area contributed by atoms with Crippen molar-refractivity contribution >= 4 is 43.4 Å². The Balaban J connectivity index is 2.42. The number of phosphoric acid groups is 1. The van der Waals surface area contributed by atoms with E-state index < -0.39 is 112 Å². The van der Waals surface area contributed by atoms with Crippen LogP contribution in [0.15, 0.2) is 0 Å². The number of phosphoric ester groups is 1. The summed E-state index contributed by atoms with van der Waals surface area (Å²) in [6.45, 7) is 3.72. The highest BCUT2D eigenvalue weighted by Gasteiger charge is 2.49. The number of carbonyl (C=O) groups is 6. The predicted molar refractivity (Wildman–Crippen MR) is 220 cm³/mol. The lowest BCUT2D eigenvalue weighted by Crippen LogP contribution is -2.70. The van der Waals surface area contributed by atoms with Crippen LogP contribution in [0.1, 0.15) is 130 Å². The fraction of sp³-hybridized carbons (Fsp3) is 0.846. The van der Waals surface area contributed by atoms with Crippen LogP contribution >= 0.6 is 7.82 Å². The summed E-state index contributed by atoms with van der Waals surface area (Å²) in [6.07, 6.45) is 8.21. The van der Waals surface area contributed by atoms with Gasteiger partial charge in [-0.15, -0.1) is 0 Å². The Morgan fingerprint density at radius 2 is 1.43 bits per heavy atom. The number of esters is 1. The van der Waals surface area contributed by atoms with Crippen LogP contribution < -0.4 is 22.1 Å². The number of rotatable bonds is 34. The molecule has 9 atom stereocenters. The van der Waals surface area contributed by atoms with E-state index >= 15 is 0 Å². The van der Waals surface area contributed by atoms with Gasteiger partial charge in [-0.2, -0.15) is 0 Å². The first-order valence-electron chi connectivity index (χ1n) is 21.4. The molecule has 21 nitrogen and oxygen atoms in total. The van der Waals surface area contributed by atoms with Gasteiger partial charge < -0.3 is 61.4 Å². The molecule has 1 aliphatic rings. The topological polar surface area (TPSA) is 326 Å². The highest BCUT2D eigenvalue weighted by Crippen LogP contribution is 2.43. The molecule has 0 aromatic heterocycles. The van der Waals surface area contributed by atoms with Crippen LogP contribution in [-0.2, 0) is 56.6 Å². The average molecular weight is 898 g/mol. The van der Waals surface area contributed by atoms with E-state index in [0.717, 1.165) is 31.1 Å². The van der Waals surface area contributed by atoms with Crippen molar-refractivity contribution < 1.29 is 76.8 Å². The molecule has 0 saturated carbocycles. The Labute approximate surface area is 358 Å². The van der Waals surface area contributed by atoms with Crippen molar-refractivity contribution in [3.63, 3.8) is 0 Å². The molecule has 1 rings (SSSR count). The number of carboxylic acid groups (broad SMARTS) is 1. The molecular formula is C39H72N5O16P. The molecule has 0 aromatic rings. The highest BCUT2D eigenvalue weighted by molar-refractivity contribution is 7.47. The Hall–Kier alpha value is -3.27. The number of primary amides is 1. The van der Waals surface area contributed by atoms with Crippen molar-refractivity contribution in [2.45, 2.75) is 179 Å². The number of aliphatic hydroxyl groups excluding tert-OH is 2. The number of ether oxygens (including phenoxy) is 3. The summed E-state index contributed by atoms with van der Waals surface area (Å²) in [5.41, 5.74) is 11.7. The lowest BCUT2D eigenvalue weighted by molar-refractivity contribution is -0.245. The monoisotopic (exact) mass is 897 g/mol. The summed E-state index contributed by atoms with van der Waals surface area (Å²) in [5.74, 6) is -5.82. The van der Waals surface area contributed by atoms with Crippen LogP contribution in [0.2, 0.25) is 0 Å². The van der Waals surface area contributed by atoms with Crippen LogP contribution in [0.4, 0.5) is 0 Å². The van der Waals surface area contributed by atoms with Gasteiger partial charge in [-0.05, 0) is 26.7 Å². The van der Waals surface area contributed by atoms with E-state index in [2.05, 4.69) is 17.6 Å². The third-order valence-electron chi connectivity index (χ3n) is 10.2. The molecule has 0 aromatic carbocycles. The first-order valence-corrected chi connectivity index (χ1v) is 22.9. The van der Waals surface area contributed by atoms with E-state index in [4.69, 9.17) is 34.7 Å². The van der Waals surface area contributed by atoms with E-state index in [1.54, 1.807) is 0 Å². The normalized spacial score (nSPS) is 21.3. The second-order valence-electron chi connectivity index (χ2n) is 15.2. The van der Waals surface area contributed by atoms with E-state index in [9.17, 15) is 53.5 Å². The van der Waals surface area contributed by atoms with Gasteiger partial charge in [0.05, 0.1) is 25.9 Å². The van der Waals surface area contributed by atoms with Gasteiger partial charge in [0.2, 0.25) is 17.7 Å². The quantitative estimate of drug-likeness (QED) is 0.0258. The summed E-state index contributed by atoms with van der Waals surface area (Å²) in [4.78, 5) is 84.9. The Kier molecular flexibility index (Phi) is 28.1. The van der Waals surface area contributed by atoms with Gasteiger partial charge >= 0.3 is 19.8 Å². The van der Waals surface area contributed by atoms with Crippen molar-refractivity contribution in [1.82, 2.24) is 15.5 Å². The number of nitrogens with one attached hydrogen (secondary N) is 2. The molecule has 4 amide bonds. The smallest absolute Gasteiger partial charge is 0.472 e. The Morgan fingerprint density at radius 1 is 0.885 bits per heavy atom. The number of nitrogens with zero attached hydrogens (tertiary/aromatic N) is 1. The maximum Gasteiger partial charge on any atom is 0.472 e. The fourth-order valence-electron chi connectivity index (χ4n) is 6.59. The van der Waals surface area contributed by atoms with Crippen LogP contribution in [-0.4, -0.2) is 142 Å². The molecule has 2 unspecified atom stereocenters. The number of nitrogens with two attached hydrogens (primary N) is 2. The molecule has 0 radical (unpaired) electrons. The standard InChI is InChI=1S/C39H72N5O16P/c1-5-6-7-8-9-10-11-12-13-14-15-16-17-18-22-57-61(54,55)58-23-21-42-31(47)25-56-32(48)20-19-29(36(41)50)43-37(51)26(2)44(28(4)46)38-33(40)35(59-27(3)39(52)53)34(49)30(24-45)60-38/h26-27,29-30,33-35,38,45,49H,5-25,40H2,1-4H3,(H2,41,50)(H,42,47)(H,43,51)(H,52,53)(H,54,55)/t26-,27+,29+,30+,33+,34+,35+,38?/m0/s1. The van der Waals surface area contributed by atoms with Crippen molar-refractivity contribution in [1.29, 1.82) is 0 Å². The van der Waals surface area contributed by atoms with E-state index in [1.807, 2.05) is 0 Å². The maximum absolute atomic E-state index is 13.3. The SMILES string of the molecule is CCCCCCCCCCCCCCCCOP(=O)(O)OCCNC(=O)COC(=O)CC[C@@H](NC(=O)[C@H](C)N(C(C)=O)C1O[C@H](CO)[C@@H](O)[C@H](O[C@H](C)C(=O)O)[C@H]1N)C(N)=O. The molecule has 61 heavy (non-hydrogen) atoms. The largest absolute Gasteiger partial charge is 0.479 e. The highest BCUT2D eigenvalue weighted by atomic mass is 31.2. The zero-order chi connectivity index (χ0) is 46.0. The van der Waals surface area contributed by atoms with Crippen molar-refractivity contribution in [2.24, 2.45) is 11.5 Å². The molecule has 1 fully saturated rings. The molecule has 0 spiro atoms. The average Bonchev–Trinajstić information content (AvgIpc) is 3.20. The van der Waals surface area contributed by atoms with Crippen LogP contribution in [0, 0.1) is 0 Å². The van der Waals surface area contributed by atoms with E-state index in [0.29, 0.717) is 6.42 Å². The minimum Gasteiger partial charge on any atom is -0.479 e. The summed E-state index contributed by atoms with van der Waals surface area (Å²) in [6, 6.07) is -4.29. The number of hydrogen-bond donors (Lipinski definition) is 8. The fourth-order valence-corrected chi connectivity index (χ4v) is 7.35. The van der Waals surface area contributed by atoms with Gasteiger partial charge in [-0.25, -0.2) is 9.36 Å².